The molecule has 1 aromatic carbocycles. The number of rotatable bonds is 4. The fraction of sp³-hybridized carbons (Fsp3) is 0.368. The number of carbonyl (C=O) groups is 1. The maximum atomic E-state index is 13.1. The zero-order chi connectivity index (χ0) is 17.8. The summed E-state index contributed by atoms with van der Waals surface area (Å²) in [6.45, 7) is 2.00. The molecule has 0 aliphatic carbocycles. The Morgan fingerprint density at radius 1 is 1.24 bits per heavy atom. The molecule has 1 aliphatic heterocycles. The maximum absolute atomic E-state index is 13.1. The molecule has 0 unspecified atom stereocenters. The summed E-state index contributed by atoms with van der Waals surface area (Å²) in [5.41, 5.74) is 0.706. The Morgan fingerprint density at radius 2 is 2.00 bits per heavy atom. The van der Waals surface area contributed by atoms with Crippen LogP contribution in [0.2, 0.25) is 0 Å². The fourth-order valence-corrected chi connectivity index (χ4v) is 3.22. The van der Waals surface area contributed by atoms with Crippen molar-refractivity contribution in [1.82, 2.24) is 9.47 Å². The zero-order valence-corrected chi connectivity index (χ0v) is 14.2. The molecule has 132 valence electrons. The Kier molecular flexibility index (Phi) is 5.28. The molecule has 1 amide bonds. The number of pyridine rings is 1. The molecular weight excluding hydrogens is 323 g/mol. The Labute approximate surface area is 145 Å². The number of piperidine rings is 1. The lowest BCUT2D eigenvalue weighted by Gasteiger charge is -2.32. The molecule has 0 N–H and O–H groups in total. The summed E-state index contributed by atoms with van der Waals surface area (Å²) in [7, 11) is 1.67. The number of hydrogen-bond acceptors (Lipinski definition) is 3. The molecule has 1 fully saturated rings. The first kappa shape index (κ1) is 17.4. The van der Waals surface area contributed by atoms with Gasteiger partial charge in [-0.2, -0.15) is 0 Å². The number of amides is 1. The van der Waals surface area contributed by atoms with Crippen LogP contribution in [-0.2, 0) is 4.74 Å². The molecule has 0 bridgehead atoms. The zero-order valence-electron chi connectivity index (χ0n) is 14.2. The normalized spacial score (nSPS) is 17.5. The predicted molar refractivity (Wildman–Crippen MR) is 92.5 cm³/mol. The van der Waals surface area contributed by atoms with E-state index in [1.165, 1.54) is 41.1 Å². The maximum Gasteiger partial charge on any atom is 0.255 e. The van der Waals surface area contributed by atoms with E-state index in [0.717, 1.165) is 12.8 Å². The molecule has 0 spiro atoms. The second kappa shape index (κ2) is 7.61. The van der Waals surface area contributed by atoms with Gasteiger partial charge in [0.25, 0.3) is 11.5 Å². The lowest BCUT2D eigenvalue weighted by molar-refractivity contribution is 0.0570. The van der Waals surface area contributed by atoms with Gasteiger partial charge in [-0.05, 0) is 49.1 Å². The summed E-state index contributed by atoms with van der Waals surface area (Å²) in [4.78, 5) is 26.7. The van der Waals surface area contributed by atoms with Crippen LogP contribution in [0.25, 0.3) is 5.69 Å². The molecule has 1 atom stereocenters. The summed E-state index contributed by atoms with van der Waals surface area (Å²) < 4.78 is 19.7. The molecule has 2 aromatic rings. The highest BCUT2D eigenvalue weighted by atomic mass is 19.1. The molecule has 5 nitrogen and oxygen atoms in total. The minimum atomic E-state index is -0.374. The highest BCUT2D eigenvalue weighted by molar-refractivity contribution is 5.94. The first-order chi connectivity index (χ1) is 12.1. The van der Waals surface area contributed by atoms with Gasteiger partial charge in [-0.25, -0.2) is 4.39 Å². The van der Waals surface area contributed by atoms with Crippen molar-refractivity contribution in [3.63, 3.8) is 0 Å². The molecule has 0 saturated carbocycles. The number of halogens is 1. The van der Waals surface area contributed by atoms with Crippen LogP contribution < -0.4 is 5.56 Å². The molecular formula is C19H21FN2O3. The molecule has 2 heterocycles. The Hall–Kier alpha value is -2.47. The van der Waals surface area contributed by atoms with Crippen molar-refractivity contribution < 1.29 is 13.9 Å². The van der Waals surface area contributed by atoms with Gasteiger partial charge in [-0.1, -0.05) is 0 Å². The van der Waals surface area contributed by atoms with Crippen LogP contribution in [0.4, 0.5) is 4.39 Å². The van der Waals surface area contributed by atoms with Gasteiger partial charge >= 0.3 is 0 Å². The number of ether oxygens (including phenoxy) is 1. The molecule has 1 saturated heterocycles. The number of aromatic nitrogens is 1. The number of benzene rings is 1. The van der Waals surface area contributed by atoms with E-state index in [1.54, 1.807) is 13.2 Å². The van der Waals surface area contributed by atoms with E-state index in [1.807, 2.05) is 4.90 Å². The minimum absolute atomic E-state index is 0.100. The van der Waals surface area contributed by atoms with Crippen LogP contribution in [0.3, 0.4) is 0 Å². The van der Waals surface area contributed by atoms with Gasteiger partial charge in [0.2, 0.25) is 0 Å². The summed E-state index contributed by atoms with van der Waals surface area (Å²) in [5, 5.41) is 0. The predicted octanol–water partition coefficient (Wildman–Crippen LogP) is 2.48. The molecule has 6 heteroatoms. The largest absolute Gasteiger partial charge is 0.384 e. The highest BCUT2D eigenvalue weighted by Gasteiger charge is 2.24. The van der Waals surface area contributed by atoms with Gasteiger partial charge in [-0.15, -0.1) is 0 Å². The van der Waals surface area contributed by atoms with Crippen molar-refractivity contribution in [2.75, 3.05) is 26.8 Å². The molecule has 3 rings (SSSR count). The minimum Gasteiger partial charge on any atom is -0.384 e. The average Bonchev–Trinajstić information content (AvgIpc) is 2.63. The smallest absolute Gasteiger partial charge is 0.255 e. The standard InChI is InChI=1S/C19H21FN2O3/c1-25-13-14-3-2-10-21(11-14)19(24)15-4-9-18(23)22(12-15)17-7-5-16(20)6-8-17/h4-9,12,14H,2-3,10-11,13H2,1H3/t14-/m1/s1. The van der Waals surface area contributed by atoms with Crippen LogP contribution in [0.5, 0.6) is 0 Å². The highest BCUT2D eigenvalue weighted by Crippen LogP contribution is 2.19. The van der Waals surface area contributed by atoms with Gasteiger partial charge in [-0.3, -0.25) is 14.2 Å². The van der Waals surface area contributed by atoms with Crippen LogP contribution in [-0.4, -0.2) is 42.2 Å². The average molecular weight is 344 g/mol. The first-order valence-electron chi connectivity index (χ1n) is 8.35. The van der Waals surface area contributed by atoms with Gasteiger partial charge in [0.15, 0.2) is 0 Å². The van der Waals surface area contributed by atoms with E-state index in [0.29, 0.717) is 36.9 Å². The summed E-state index contributed by atoms with van der Waals surface area (Å²) in [6.07, 6.45) is 3.52. The van der Waals surface area contributed by atoms with Crippen LogP contribution in [0, 0.1) is 11.7 Å². The number of hydrogen-bond donors (Lipinski definition) is 0. The molecule has 25 heavy (non-hydrogen) atoms. The third-order valence-corrected chi connectivity index (χ3v) is 4.47. The molecule has 1 aliphatic rings. The molecule has 1 aromatic heterocycles. The van der Waals surface area contributed by atoms with E-state index in [2.05, 4.69) is 0 Å². The number of likely N-dealkylation sites (tertiary alicyclic amines) is 1. The van der Waals surface area contributed by atoms with Crippen molar-refractivity contribution in [2.45, 2.75) is 12.8 Å². The lowest BCUT2D eigenvalue weighted by atomic mass is 9.98. The van der Waals surface area contributed by atoms with Crippen molar-refractivity contribution >= 4 is 5.91 Å². The Balaban J connectivity index is 1.85. The number of carbonyl (C=O) groups excluding carboxylic acids is 1. The van der Waals surface area contributed by atoms with E-state index in [-0.39, 0.29) is 17.3 Å². The summed E-state index contributed by atoms with van der Waals surface area (Å²) in [5.74, 6) is -0.135. The summed E-state index contributed by atoms with van der Waals surface area (Å²) >= 11 is 0. The van der Waals surface area contributed by atoms with Crippen molar-refractivity contribution in [3.8, 4) is 5.69 Å². The Morgan fingerprint density at radius 3 is 2.72 bits per heavy atom. The van der Waals surface area contributed by atoms with Crippen LogP contribution >= 0.6 is 0 Å². The van der Waals surface area contributed by atoms with E-state index < -0.39 is 0 Å². The monoisotopic (exact) mass is 344 g/mol. The van der Waals surface area contributed by atoms with Gasteiger partial charge < -0.3 is 9.64 Å². The van der Waals surface area contributed by atoms with Crippen molar-refractivity contribution in [1.29, 1.82) is 0 Å². The van der Waals surface area contributed by atoms with E-state index in [9.17, 15) is 14.0 Å². The topological polar surface area (TPSA) is 51.5 Å². The van der Waals surface area contributed by atoms with Crippen molar-refractivity contribution in [3.05, 3.63) is 64.3 Å². The third kappa shape index (κ3) is 3.96. The first-order valence-corrected chi connectivity index (χ1v) is 8.35. The molecule has 0 radical (unpaired) electrons. The second-order valence-corrected chi connectivity index (χ2v) is 6.32. The van der Waals surface area contributed by atoms with Gasteiger partial charge in [0.05, 0.1) is 12.2 Å². The third-order valence-electron chi connectivity index (χ3n) is 4.47. The van der Waals surface area contributed by atoms with Gasteiger partial charge in [0.1, 0.15) is 5.82 Å². The van der Waals surface area contributed by atoms with Crippen LogP contribution in [0.15, 0.2) is 47.4 Å². The second-order valence-electron chi connectivity index (χ2n) is 6.32. The quantitative estimate of drug-likeness (QED) is 0.856. The van der Waals surface area contributed by atoms with Crippen LogP contribution in [0.1, 0.15) is 23.2 Å². The van der Waals surface area contributed by atoms with E-state index in [4.69, 9.17) is 4.74 Å². The SMILES string of the molecule is COC[C@@H]1CCCN(C(=O)c2ccc(=O)n(-c3ccc(F)cc3)c2)C1. The number of nitrogens with zero attached hydrogens (tertiary/aromatic N) is 2. The Bertz CT molecular complexity index is 799. The van der Waals surface area contributed by atoms with Gasteiger partial charge in [0, 0.05) is 38.1 Å². The van der Waals surface area contributed by atoms with E-state index >= 15 is 0 Å². The van der Waals surface area contributed by atoms with Crippen molar-refractivity contribution in [2.24, 2.45) is 5.92 Å². The fourth-order valence-electron chi connectivity index (χ4n) is 3.22. The number of methoxy groups -OCH3 is 1. The lowest BCUT2D eigenvalue weighted by Crippen LogP contribution is -2.41. The summed E-state index contributed by atoms with van der Waals surface area (Å²) in [6, 6.07) is 8.52.